The lowest BCUT2D eigenvalue weighted by atomic mass is 10.1. The summed E-state index contributed by atoms with van der Waals surface area (Å²) < 4.78 is 0. The van der Waals surface area contributed by atoms with Crippen LogP contribution in [0.25, 0.3) is 22.2 Å². The van der Waals surface area contributed by atoms with Crippen LogP contribution >= 0.6 is 23.4 Å². The van der Waals surface area contributed by atoms with E-state index in [0.29, 0.717) is 5.75 Å². The molecular formula is C16H12ClN5S. The topological polar surface area (TPSA) is 65.2 Å². The number of nitrogens with zero attached hydrogens (tertiary/aromatic N) is 4. The number of aromatic nitrogens is 1. The summed E-state index contributed by atoms with van der Waals surface area (Å²) in [7, 11) is 0. The lowest BCUT2D eigenvalue weighted by Crippen LogP contribution is -1.99. The van der Waals surface area contributed by atoms with E-state index in [0.717, 1.165) is 32.1 Å². The van der Waals surface area contributed by atoms with E-state index in [9.17, 15) is 0 Å². The predicted molar refractivity (Wildman–Crippen MR) is 93.0 cm³/mol. The molecule has 1 aliphatic rings. The SMILES string of the molecule is Clc1ccc2[nH]c(-c3ccccc3)c(SCC3N=NN=N3)c2c1. The first kappa shape index (κ1) is 14.4. The van der Waals surface area contributed by atoms with Crippen molar-refractivity contribution in [2.45, 2.75) is 11.1 Å². The van der Waals surface area contributed by atoms with Crippen molar-refractivity contribution in [2.75, 3.05) is 5.75 Å². The Labute approximate surface area is 141 Å². The molecule has 5 nitrogen and oxygen atoms in total. The number of hydrogen-bond donors (Lipinski definition) is 1. The Morgan fingerprint density at radius 1 is 1.04 bits per heavy atom. The molecule has 1 N–H and O–H groups in total. The Bertz CT molecular complexity index is 891. The molecule has 0 bridgehead atoms. The van der Waals surface area contributed by atoms with Crippen molar-refractivity contribution in [3.63, 3.8) is 0 Å². The largest absolute Gasteiger partial charge is 0.354 e. The molecule has 1 aromatic heterocycles. The Morgan fingerprint density at radius 3 is 2.61 bits per heavy atom. The third-order valence-corrected chi connectivity index (χ3v) is 4.97. The molecule has 0 fully saturated rings. The quantitative estimate of drug-likeness (QED) is 0.604. The highest BCUT2D eigenvalue weighted by atomic mass is 35.5. The fourth-order valence-electron chi connectivity index (χ4n) is 2.51. The first-order valence-corrected chi connectivity index (χ1v) is 8.47. The summed E-state index contributed by atoms with van der Waals surface area (Å²) in [6.07, 6.45) is -0.215. The molecule has 2 aromatic carbocycles. The van der Waals surface area contributed by atoms with Gasteiger partial charge in [-0.15, -0.1) is 22.0 Å². The van der Waals surface area contributed by atoms with Gasteiger partial charge in [0.05, 0.1) is 5.69 Å². The van der Waals surface area contributed by atoms with E-state index in [-0.39, 0.29) is 6.17 Å². The van der Waals surface area contributed by atoms with E-state index >= 15 is 0 Å². The first-order valence-electron chi connectivity index (χ1n) is 7.11. The molecular weight excluding hydrogens is 330 g/mol. The van der Waals surface area contributed by atoms with Crippen molar-refractivity contribution in [2.24, 2.45) is 20.7 Å². The van der Waals surface area contributed by atoms with Crippen molar-refractivity contribution in [1.82, 2.24) is 4.98 Å². The van der Waals surface area contributed by atoms with Gasteiger partial charge in [-0.1, -0.05) is 41.9 Å². The minimum atomic E-state index is -0.215. The highest BCUT2D eigenvalue weighted by Crippen LogP contribution is 2.39. The number of thioether (sulfide) groups is 1. The summed E-state index contributed by atoms with van der Waals surface area (Å²) in [4.78, 5) is 4.64. The van der Waals surface area contributed by atoms with Gasteiger partial charge in [-0.25, -0.2) is 0 Å². The zero-order valence-corrected chi connectivity index (χ0v) is 13.6. The predicted octanol–water partition coefficient (Wildman–Crippen LogP) is 5.74. The van der Waals surface area contributed by atoms with E-state index in [1.165, 1.54) is 0 Å². The molecule has 23 heavy (non-hydrogen) atoms. The van der Waals surface area contributed by atoms with Gasteiger partial charge >= 0.3 is 0 Å². The minimum absolute atomic E-state index is 0.215. The molecule has 4 rings (SSSR count). The van der Waals surface area contributed by atoms with Gasteiger partial charge in [0.1, 0.15) is 0 Å². The fraction of sp³-hybridized carbons (Fsp3) is 0.125. The highest BCUT2D eigenvalue weighted by molar-refractivity contribution is 7.99. The molecule has 7 heteroatoms. The summed E-state index contributed by atoms with van der Waals surface area (Å²) in [5, 5.41) is 16.9. The van der Waals surface area contributed by atoms with Crippen molar-refractivity contribution >= 4 is 34.3 Å². The standard InChI is InChI=1S/C16H12ClN5S/c17-11-6-7-13-12(8-11)16(23-9-14-19-21-22-20-14)15(18-13)10-4-2-1-3-5-10/h1-8,14,18H,9H2. The maximum Gasteiger partial charge on any atom is 0.194 e. The first-order chi connectivity index (χ1) is 11.3. The summed E-state index contributed by atoms with van der Waals surface area (Å²) in [5.74, 6) is 0.687. The summed E-state index contributed by atoms with van der Waals surface area (Å²) in [5.41, 5.74) is 3.28. The monoisotopic (exact) mass is 341 g/mol. The van der Waals surface area contributed by atoms with Gasteiger partial charge in [-0.05, 0) is 34.2 Å². The third kappa shape index (κ3) is 2.87. The number of hydrogen-bond acceptors (Lipinski definition) is 5. The molecule has 3 aromatic rings. The molecule has 114 valence electrons. The van der Waals surface area contributed by atoms with Gasteiger partial charge in [0, 0.05) is 26.6 Å². The Morgan fingerprint density at radius 2 is 1.83 bits per heavy atom. The van der Waals surface area contributed by atoms with E-state index in [4.69, 9.17) is 11.6 Å². The number of aromatic amines is 1. The normalized spacial score (nSPS) is 14.1. The summed E-state index contributed by atoms with van der Waals surface area (Å²) in [6.45, 7) is 0. The zero-order valence-electron chi connectivity index (χ0n) is 12.0. The van der Waals surface area contributed by atoms with Crippen LogP contribution < -0.4 is 0 Å². The van der Waals surface area contributed by atoms with Gasteiger partial charge in [0.2, 0.25) is 0 Å². The van der Waals surface area contributed by atoms with E-state index < -0.39 is 0 Å². The fourth-order valence-corrected chi connectivity index (χ4v) is 3.77. The highest BCUT2D eigenvalue weighted by Gasteiger charge is 2.17. The van der Waals surface area contributed by atoms with Gasteiger partial charge in [0.15, 0.2) is 6.17 Å². The van der Waals surface area contributed by atoms with Crippen LogP contribution in [0, 0.1) is 0 Å². The molecule has 0 saturated heterocycles. The van der Waals surface area contributed by atoms with Crippen molar-refractivity contribution in [1.29, 1.82) is 0 Å². The van der Waals surface area contributed by atoms with Crippen LogP contribution in [0.4, 0.5) is 0 Å². The second-order valence-electron chi connectivity index (χ2n) is 5.09. The average Bonchev–Trinajstić information content (AvgIpc) is 3.21. The number of H-pyrrole nitrogens is 1. The lowest BCUT2D eigenvalue weighted by molar-refractivity contribution is 0.793. The number of benzene rings is 2. The van der Waals surface area contributed by atoms with Crippen LogP contribution in [0.2, 0.25) is 5.02 Å². The zero-order chi connectivity index (χ0) is 15.6. The van der Waals surface area contributed by atoms with Gasteiger partial charge in [0.25, 0.3) is 0 Å². The number of rotatable bonds is 4. The Kier molecular flexibility index (Phi) is 3.85. The molecule has 0 radical (unpaired) electrons. The van der Waals surface area contributed by atoms with Crippen LogP contribution in [-0.2, 0) is 0 Å². The number of nitrogens with one attached hydrogen (secondary N) is 1. The molecule has 0 atom stereocenters. The van der Waals surface area contributed by atoms with Gasteiger partial charge < -0.3 is 4.98 Å². The van der Waals surface area contributed by atoms with Crippen LogP contribution in [0.15, 0.2) is 74.1 Å². The lowest BCUT2D eigenvalue weighted by Gasteiger charge is -2.05. The summed E-state index contributed by atoms with van der Waals surface area (Å²) in [6, 6.07) is 16.1. The maximum absolute atomic E-state index is 6.18. The smallest absolute Gasteiger partial charge is 0.194 e. The van der Waals surface area contributed by atoms with E-state index in [1.807, 2.05) is 36.4 Å². The maximum atomic E-state index is 6.18. The molecule has 1 aliphatic heterocycles. The van der Waals surface area contributed by atoms with E-state index in [1.54, 1.807) is 11.8 Å². The van der Waals surface area contributed by atoms with Crippen LogP contribution in [0.1, 0.15) is 0 Å². The molecule has 0 aliphatic carbocycles. The second-order valence-corrected chi connectivity index (χ2v) is 6.55. The minimum Gasteiger partial charge on any atom is -0.354 e. The van der Waals surface area contributed by atoms with Crippen LogP contribution in [0.5, 0.6) is 0 Å². The third-order valence-electron chi connectivity index (χ3n) is 3.56. The molecule has 0 spiro atoms. The van der Waals surface area contributed by atoms with Crippen LogP contribution in [-0.4, -0.2) is 16.9 Å². The Balaban J connectivity index is 1.79. The Hall–Kier alpha value is -2.18. The van der Waals surface area contributed by atoms with Crippen molar-refractivity contribution in [3.8, 4) is 11.3 Å². The number of fused-ring (bicyclic) bond motifs is 1. The molecule has 2 heterocycles. The molecule has 0 saturated carbocycles. The number of halogens is 1. The van der Waals surface area contributed by atoms with Gasteiger partial charge in [-0.3, -0.25) is 0 Å². The van der Waals surface area contributed by atoms with Crippen molar-refractivity contribution in [3.05, 3.63) is 53.6 Å². The molecule has 0 unspecified atom stereocenters. The van der Waals surface area contributed by atoms with E-state index in [2.05, 4.69) is 37.8 Å². The summed E-state index contributed by atoms with van der Waals surface area (Å²) >= 11 is 7.87. The molecule has 0 amide bonds. The van der Waals surface area contributed by atoms with Gasteiger partial charge in [-0.2, -0.15) is 0 Å². The second kappa shape index (κ2) is 6.14. The van der Waals surface area contributed by atoms with Crippen LogP contribution in [0.3, 0.4) is 0 Å². The average molecular weight is 342 g/mol. The van der Waals surface area contributed by atoms with Crippen molar-refractivity contribution < 1.29 is 0 Å².